The van der Waals surface area contributed by atoms with Crippen LogP contribution in [0.1, 0.15) is 58.9 Å². The molecule has 3 nitrogen and oxygen atoms in total. The van der Waals surface area contributed by atoms with Gasteiger partial charge in [0.1, 0.15) is 11.5 Å². The Bertz CT molecular complexity index is 856. The van der Waals surface area contributed by atoms with Crippen LogP contribution >= 0.6 is 0 Å². The van der Waals surface area contributed by atoms with Crippen molar-refractivity contribution in [2.45, 2.75) is 59.8 Å². The summed E-state index contributed by atoms with van der Waals surface area (Å²) in [6.07, 6.45) is 6.14. The Morgan fingerprint density at radius 1 is 1.07 bits per heavy atom. The quantitative estimate of drug-likeness (QED) is 0.714. The standard InChI is InChI=1S/C26H36N2O/c1-18-19(2)29-20(3)23-16-26(4,25(27)24(18)23)17-28-14-12-22(13-15-28)11-10-21-8-6-5-7-9-21/h5-9,22H,10-17,27H2,1-4H3. The molecule has 0 spiro atoms. The van der Waals surface area contributed by atoms with Crippen molar-refractivity contribution in [2.24, 2.45) is 17.1 Å². The van der Waals surface area contributed by atoms with E-state index in [0.29, 0.717) is 0 Å². The van der Waals surface area contributed by atoms with Gasteiger partial charge in [0.15, 0.2) is 0 Å². The van der Waals surface area contributed by atoms with E-state index >= 15 is 0 Å². The minimum atomic E-state index is 0.0119. The maximum atomic E-state index is 6.77. The number of hydrogen-bond acceptors (Lipinski definition) is 3. The van der Waals surface area contributed by atoms with E-state index in [4.69, 9.17) is 10.5 Å². The summed E-state index contributed by atoms with van der Waals surface area (Å²) in [6.45, 7) is 12.1. The first-order chi connectivity index (χ1) is 13.9. The summed E-state index contributed by atoms with van der Waals surface area (Å²) in [7, 11) is 0. The van der Waals surface area contributed by atoms with E-state index < -0.39 is 0 Å². The smallest absolute Gasteiger partial charge is 0.104 e. The average Bonchev–Trinajstić information content (AvgIpc) is 2.98. The van der Waals surface area contributed by atoms with E-state index in [-0.39, 0.29) is 5.41 Å². The number of nitrogens with two attached hydrogens (primary N) is 1. The van der Waals surface area contributed by atoms with Gasteiger partial charge in [-0.1, -0.05) is 37.3 Å². The fraction of sp³-hybridized carbons (Fsp3) is 0.538. The number of nitrogens with zero attached hydrogens (tertiary/aromatic N) is 1. The van der Waals surface area contributed by atoms with Crippen LogP contribution in [0.3, 0.4) is 0 Å². The third kappa shape index (κ3) is 4.02. The molecule has 3 heteroatoms. The molecule has 0 bridgehead atoms. The lowest BCUT2D eigenvalue weighted by Crippen LogP contribution is -2.42. The summed E-state index contributed by atoms with van der Waals surface area (Å²) in [6, 6.07) is 10.9. The second-order valence-electron chi connectivity index (χ2n) is 9.59. The number of fused-ring (bicyclic) bond motifs is 1. The van der Waals surface area contributed by atoms with Crippen LogP contribution in [0, 0.1) is 11.3 Å². The molecule has 2 aliphatic heterocycles. The zero-order valence-electron chi connectivity index (χ0n) is 18.6. The van der Waals surface area contributed by atoms with Gasteiger partial charge in [-0.15, -0.1) is 0 Å². The van der Waals surface area contributed by atoms with E-state index in [0.717, 1.165) is 36.1 Å². The molecule has 4 rings (SSSR count). The monoisotopic (exact) mass is 392 g/mol. The number of benzene rings is 1. The van der Waals surface area contributed by atoms with E-state index in [1.807, 2.05) is 6.92 Å². The van der Waals surface area contributed by atoms with Crippen LogP contribution in [0.25, 0.3) is 0 Å². The Morgan fingerprint density at radius 2 is 1.76 bits per heavy atom. The van der Waals surface area contributed by atoms with Crippen molar-refractivity contribution < 1.29 is 4.74 Å². The van der Waals surface area contributed by atoms with Crippen LogP contribution in [0.5, 0.6) is 0 Å². The number of rotatable bonds is 5. The third-order valence-corrected chi connectivity index (χ3v) is 7.39. The molecule has 0 saturated carbocycles. The third-order valence-electron chi connectivity index (χ3n) is 7.39. The first kappa shape index (κ1) is 20.3. The van der Waals surface area contributed by atoms with Gasteiger partial charge in [0.05, 0.1) is 0 Å². The van der Waals surface area contributed by atoms with Crippen LogP contribution in [0.15, 0.2) is 64.3 Å². The van der Waals surface area contributed by atoms with Crippen molar-refractivity contribution in [3.8, 4) is 0 Å². The normalized spacial score (nSPS) is 26.2. The van der Waals surface area contributed by atoms with Crippen molar-refractivity contribution in [1.29, 1.82) is 0 Å². The van der Waals surface area contributed by atoms with Gasteiger partial charge in [0, 0.05) is 28.8 Å². The zero-order chi connectivity index (χ0) is 20.6. The predicted molar refractivity (Wildman–Crippen MR) is 120 cm³/mol. The van der Waals surface area contributed by atoms with Crippen molar-refractivity contribution in [3.63, 3.8) is 0 Å². The van der Waals surface area contributed by atoms with Crippen molar-refractivity contribution in [2.75, 3.05) is 19.6 Å². The highest BCUT2D eigenvalue weighted by molar-refractivity contribution is 5.58. The fourth-order valence-electron chi connectivity index (χ4n) is 5.39. The Morgan fingerprint density at radius 3 is 2.45 bits per heavy atom. The second-order valence-corrected chi connectivity index (χ2v) is 9.59. The number of likely N-dealkylation sites (tertiary alicyclic amines) is 1. The lowest BCUT2D eigenvalue weighted by atomic mass is 9.84. The van der Waals surface area contributed by atoms with Crippen molar-refractivity contribution in [1.82, 2.24) is 4.90 Å². The summed E-state index contributed by atoms with van der Waals surface area (Å²) >= 11 is 0. The molecule has 1 atom stereocenters. The SMILES string of the molecule is CC1=C(C)C2=C(N)C(C)(CN3CCC(CCc4ccccc4)CC3)CC2=C(C)O1. The fourth-order valence-corrected chi connectivity index (χ4v) is 5.39. The van der Waals surface area contributed by atoms with E-state index in [9.17, 15) is 0 Å². The molecule has 3 aliphatic rings. The molecule has 0 amide bonds. The summed E-state index contributed by atoms with van der Waals surface area (Å²) < 4.78 is 5.98. The molecular formula is C26H36N2O. The highest BCUT2D eigenvalue weighted by Crippen LogP contribution is 2.50. The van der Waals surface area contributed by atoms with Crippen LogP contribution in [-0.4, -0.2) is 24.5 Å². The Balaban J connectivity index is 1.36. The van der Waals surface area contributed by atoms with Crippen LogP contribution < -0.4 is 5.73 Å². The van der Waals surface area contributed by atoms with Gasteiger partial charge in [0.25, 0.3) is 0 Å². The molecule has 1 aliphatic carbocycles. The number of allylic oxidation sites excluding steroid dienone is 5. The van der Waals surface area contributed by atoms with E-state index in [2.05, 4.69) is 56.0 Å². The van der Waals surface area contributed by atoms with Gasteiger partial charge in [-0.3, -0.25) is 0 Å². The molecule has 29 heavy (non-hydrogen) atoms. The van der Waals surface area contributed by atoms with Gasteiger partial charge >= 0.3 is 0 Å². The van der Waals surface area contributed by atoms with Crippen LogP contribution in [-0.2, 0) is 11.2 Å². The molecule has 1 aromatic rings. The molecule has 0 radical (unpaired) electrons. The first-order valence-corrected chi connectivity index (χ1v) is 11.2. The Kier molecular flexibility index (Phi) is 5.61. The molecule has 1 unspecified atom stereocenters. The molecule has 2 N–H and O–H groups in total. The number of hydrogen-bond donors (Lipinski definition) is 1. The first-order valence-electron chi connectivity index (χ1n) is 11.2. The van der Waals surface area contributed by atoms with Crippen LogP contribution in [0.2, 0.25) is 0 Å². The van der Waals surface area contributed by atoms with Crippen LogP contribution in [0.4, 0.5) is 0 Å². The molecule has 1 aromatic carbocycles. The largest absolute Gasteiger partial charge is 0.466 e. The van der Waals surface area contributed by atoms with Gasteiger partial charge in [0.2, 0.25) is 0 Å². The van der Waals surface area contributed by atoms with E-state index in [1.165, 1.54) is 61.1 Å². The summed E-state index contributed by atoms with van der Waals surface area (Å²) in [5, 5.41) is 0. The molecule has 1 saturated heterocycles. The predicted octanol–water partition coefficient (Wildman–Crippen LogP) is 5.55. The maximum absolute atomic E-state index is 6.77. The summed E-state index contributed by atoms with van der Waals surface area (Å²) in [5.74, 6) is 2.88. The number of piperidine rings is 1. The van der Waals surface area contributed by atoms with Crippen molar-refractivity contribution >= 4 is 0 Å². The summed E-state index contributed by atoms with van der Waals surface area (Å²) in [4.78, 5) is 2.65. The lowest BCUT2D eigenvalue weighted by molar-refractivity contribution is 0.134. The molecule has 1 fully saturated rings. The van der Waals surface area contributed by atoms with E-state index in [1.54, 1.807) is 0 Å². The maximum Gasteiger partial charge on any atom is 0.104 e. The molecule has 0 aromatic heterocycles. The minimum Gasteiger partial charge on any atom is -0.466 e. The summed E-state index contributed by atoms with van der Waals surface area (Å²) in [5.41, 5.74) is 13.1. The Hall–Kier alpha value is -2.00. The average molecular weight is 393 g/mol. The van der Waals surface area contributed by atoms with Gasteiger partial charge < -0.3 is 15.4 Å². The highest BCUT2D eigenvalue weighted by atomic mass is 16.5. The molecule has 156 valence electrons. The molecular weight excluding hydrogens is 356 g/mol. The highest BCUT2D eigenvalue weighted by Gasteiger charge is 2.43. The lowest BCUT2D eigenvalue weighted by Gasteiger charge is -2.38. The topological polar surface area (TPSA) is 38.5 Å². The van der Waals surface area contributed by atoms with Gasteiger partial charge in [-0.05, 0) is 83.0 Å². The Labute approximate surface area is 176 Å². The molecule has 2 heterocycles. The number of aryl methyl sites for hydroxylation is 1. The minimum absolute atomic E-state index is 0.0119. The van der Waals surface area contributed by atoms with Gasteiger partial charge in [-0.25, -0.2) is 0 Å². The zero-order valence-corrected chi connectivity index (χ0v) is 18.6. The number of ether oxygens (including phenoxy) is 1. The second kappa shape index (κ2) is 8.02. The van der Waals surface area contributed by atoms with Gasteiger partial charge in [-0.2, -0.15) is 0 Å². The van der Waals surface area contributed by atoms with Crippen molar-refractivity contribution in [3.05, 3.63) is 69.8 Å².